The minimum Gasteiger partial charge on any atom is -0.384 e. The number of halogens is 3. The summed E-state index contributed by atoms with van der Waals surface area (Å²) in [6, 6.07) is 3.75. The summed E-state index contributed by atoms with van der Waals surface area (Å²) in [5.74, 6) is -0.0245. The lowest BCUT2D eigenvalue weighted by molar-refractivity contribution is -0.137. The van der Waals surface area contributed by atoms with Gasteiger partial charge in [-0.1, -0.05) is 0 Å². The molecule has 3 nitrogen and oxygen atoms in total. The predicted octanol–water partition coefficient (Wildman–Crippen LogP) is 2.73. The Labute approximate surface area is 107 Å². The van der Waals surface area contributed by atoms with E-state index in [0.717, 1.165) is 6.07 Å². The highest BCUT2D eigenvalue weighted by Gasteiger charge is 2.34. The molecule has 0 saturated carbocycles. The Hall–Kier alpha value is -1.21. The number of methoxy groups -OCH3 is 1. The van der Waals surface area contributed by atoms with E-state index in [1.165, 1.54) is 31.0 Å². The van der Waals surface area contributed by atoms with Crippen LogP contribution in [0.5, 0.6) is 0 Å². The molecule has 0 fully saturated rings. The Morgan fingerprint density at radius 3 is 2.61 bits per heavy atom. The SMILES string of the molecule is COCCSc1ccc(C(=N)N)c(C(F)(F)F)c1. The van der Waals surface area contributed by atoms with Gasteiger partial charge < -0.3 is 10.5 Å². The monoisotopic (exact) mass is 278 g/mol. The van der Waals surface area contributed by atoms with Gasteiger partial charge in [0, 0.05) is 23.3 Å². The molecule has 0 aliphatic carbocycles. The van der Waals surface area contributed by atoms with Crippen molar-refractivity contribution in [2.24, 2.45) is 5.73 Å². The summed E-state index contributed by atoms with van der Waals surface area (Å²) in [5, 5.41) is 7.15. The molecule has 0 spiro atoms. The summed E-state index contributed by atoms with van der Waals surface area (Å²) in [5.41, 5.74) is 3.97. The Morgan fingerprint density at radius 2 is 2.11 bits per heavy atom. The van der Waals surface area contributed by atoms with E-state index in [4.69, 9.17) is 15.9 Å². The van der Waals surface area contributed by atoms with Crippen LogP contribution in [0, 0.1) is 5.41 Å². The Bertz CT molecular complexity index is 435. The molecule has 0 heterocycles. The van der Waals surface area contributed by atoms with Crippen LogP contribution in [0.15, 0.2) is 23.1 Å². The first-order valence-electron chi connectivity index (χ1n) is 5.03. The molecule has 0 aliphatic rings. The van der Waals surface area contributed by atoms with Crippen molar-refractivity contribution in [3.63, 3.8) is 0 Å². The van der Waals surface area contributed by atoms with E-state index in [0.29, 0.717) is 17.3 Å². The molecular weight excluding hydrogens is 265 g/mol. The molecule has 0 atom stereocenters. The van der Waals surface area contributed by atoms with Crippen molar-refractivity contribution in [3.8, 4) is 0 Å². The van der Waals surface area contributed by atoms with Gasteiger partial charge in [0.1, 0.15) is 5.84 Å². The molecule has 0 radical (unpaired) electrons. The van der Waals surface area contributed by atoms with Gasteiger partial charge >= 0.3 is 6.18 Å². The fourth-order valence-electron chi connectivity index (χ4n) is 1.33. The first-order chi connectivity index (χ1) is 8.36. The summed E-state index contributed by atoms with van der Waals surface area (Å²) < 4.78 is 43.2. The maximum absolute atomic E-state index is 12.8. The summed E-state index contributed by atoms with van der Waals surface area (Å²) in [4.78, 5) is 0.476. The third-order valence-electron chi connectivity index (χ3n) is 2.14. The fourth-order valence-corrected chi connectivity index (χ4v) is 2.18. The van der Waals surface area contributed by atoms with Crippen molar-refractivity contribution >= 4 is 17.6 Å². The minimum absolute atomic E-state index is 0.293. The highest BCUT2D eigenvalue weighted by Crippen LogP contribution is 2.34. The number of nitrogen functional groups attached to an aromatic ring is 1. The van der Waals surface area contributed by atoms with Gasteiger partial charge in [0.25, 0.3) is 0 Å². The summed E-state index contributed by atoms with van der Waals surface area (Å²) in [6.45, 7) is 0.459. The molecule has 1 aromatic carbocycles. The van der Waals surface area contributed by atoms with Crippen molar-refractivity contribution in [3.05, 3.63) is 29.3 Å². The van der Waals surface area contributed by atoms with Crippen molar-refractivity contribution in [1.29, 1.82) is 5.41 Å². The first-order valence-corrected chi connectivity index (χ1v) is 6.02. The van der Waals surface area contributed by atoms with E-state index in [1.54, 1.807) is 0 Å². The lowest BCUT2D eigenvalue weighted by Crippen LogP contribution is -2.18. The standard InChI is InChI=1S/C11H13F3N2OS/c1-17-4-5-18-7-2-3-8(10(15)16)9(6-7)11(12,13)14/h2-3,6H,4-5H2,1H3,(H3,15,16). The number of alkyl halides is 3. The van der Waals surface area contributed by atoms with Gasteiger partial charge in [-0.05, 0) is 18.2 Å². The molecular formula is C11H13F3N2OS. The average Bonchev–Trinajstić information content (AvgIpc) is 2.28. The first kappa shape index (κ1) is 14.8. The molecule has 0 saturated heterocycles. The number of amidine groups is 1. The third kappa shape index (κ3) is 3.92. The van der Waals surface area contributed by atoms with Gasteiger partial charge in [-0.3, -0.25) is 5.41 Å². The van der Waals surface area contributed by atoms with Crippen molar-refractivity contribution < 1.29 is 17.9 Å². The number of nitrogens with two attached hydrogens (primary N) is 1. The third-order valence-corrected chi connectivity index (χ3v) is 3.10. The van der Waals surface area contributed by atoms with Gasteiger partial charge in [-0.15, -0.1) is 11.8 Å². The smallest absolute Gasteiger partial charge is 0.384 e. The number of hydrogen-bond donors (Lipinski definition) is 2. The molecule has 0 aliphatic heterocycles. The van der Waals surface area contributed by atoms with Crippen molar-refractivity contribution in [1.82, 2.24) is 0 Å². The number of nitrogens with one attached hydrogen (secondary N) is 1. The molecule has 100 valence electrons. The topological polar surface area (TPSA) is 59.1 Å². The second-order valence-electron chi connectivity index (χ2n) is 3.46. The van der Waals surface area contributed by atoms with Crippen LogP contribution in [0.4, 0.5) is 13.2 Å². The van der Waals surface area contributed by atoms with Crippen LogP contribution in [0.1, 0.15) is 11.1 Å². The lowest BCUT2D eigenvalue weighted by atomic mass is 10.1. The van der Waals surface area contributed by atoms with E-state index in [2.05, 4.69) is 0 Å². The molecule has 1 aromatic rings. The Balaban J connectivity index is 3.02. The molecule has 7 heteroatoms. The minimum atomic E-state index is -4.52. The predicted molar refractivity (Wildman–Crippen MR) is 65.1 cm³/mol. The highest BCUT2D eigenvalue weighted by atomic mass is 32.2. The van der Waals surface area contributed by atoms with Crippen LogP contribution in [0.3, 0.4) is 0 Å². The van der Waals surface area contributed by atoms with Crippen LogP contribution in [-0.2, 0) is 10.9 Å². The maximum atomic E-state index is 12.8. The van der Waals surface area contributed by atoms with Crippen LogP contribution in [0.25, 0.3) is 0 Å². The normalized spacial score (nSPS) is 11.6. The Morgan fingerprint density at radius 1 is 1.44 bits per heavy atom. The highest BCUT2D eigenvalue weighted by molar-refractivity contribution is 7.99. The second kappa shape index (κ2) is 6.10. The number of hydrogen-bond acceptors (Lipinski definition) is 3. The van der Waals surface area contributed by atoms with E-state index in [-0.39, 0.29) is 5.56 Å². The summed E-state index contributed by atoms with van der Waals surface area (Å²) in [6.07, 6.45) is -4.52. The summed E-state index contributed by atoms with van der Waals surface area (Å²) in [7, 11) is 1.53. The molecule has 3 N–H and O–H groups in total. The average molecular weight is 278 g/mol. The number of benzene rings is 1. The summed E-state index contributed by atoms with van der Waals surface area (Å²) >= 11 is 1.26. The van der Waals surface area contributed by atoms with Crippen LogP contribution in [-0.4, -0.2) is 25.3 Å². The molecule has 0 amide bonds. The van der Waals surface area contributed by atoms with Crippen LogP contribution in [0.2, 0.25) is 0 Å². The lowest BCUT2D eigenvalue weighted by Gasteiger charge is -2.13. The molecule has 0 bridgehead atoms. The van der Waals surface area contributed by atoms with Gasteiger partial charge in [-0.25, -0.2) is 0 Å². The zero-order chi connectivity index (χ0) is 13.8. The van der Waals surface area contributed by atoms with Crippen molar-refractivity contribution in [2.45, 2.75) is 11.1 Å². The largest absolute Gasteiger partial charge is 0.417 e. The zero-order valence-corrected chi connectivity index (χ0v) is 10.5. The van der Waals surface area contributed by atoms with Gasteiger partial charge in [0.2, 0.25) is 0 Å². The molecule has 0 unspecified atom stereocenters. The van der Waals surface area contributed by atoms with Gasteiger partial charge in [-0.2, -0.15) is 13.2 Å². The van der Waals surface area contributed by atoms with Gasteiger partial charge in [0.15, 0.2) is 0 Å². The Kier molecular flexibility index (Phi) is 5.03. The quantitative estimate of drug-likeness (QED) is 0.377. The van der Waals surface area contributed by atoms with E-state index in [9.17, 15) is 13.2 Å². The van der Waals surface area contributed by atoms with E-state index >= 15 is 0 Å². The molecule has 0 aromatic heterocycles. The number of ether oxygens (including phenoxy) is 1. The second-order valence-corrected chi connectivity index (χ2v) is 4.63. The zero-order valence-electron chi connectivity index (χ0n) is 9.67. The maximum Gasteiger partial charge on any atom is 0.417 e. The van der Waals surface area contributed by atoms with Crippen LogP contribution < -0.4 is 5.73 Å². The fraction of sp³-hybridized carbons (Fsp3) is 0.364. The van der Waals surface area contributed by atoms with Crippen LogP contribution >= 0.6 is 11.8 Å². The molecule has 18 heavy (non-hydrogen) atoms. The number of rotatable bonds is 5. The van der Waals surface area contributed by atoms with Crippen molar-refractivity contribution in [2.75, 3.05) is 19.5 Å². The van der Waals surface area contributed by atoms with Gasteiger partial charge in [0.05, 0.1) is 12.2 Å². The number of thioether (sulfide) groups is 1. The van der Waals surface area contributed by atoms with E-state index in [1.807, 2.05) is 0 Å². The molecule has 1 rings (SSSR count). The van der Waals surface area contributed by atoms with E-state index < -0.39 is 17.6 Å².